The number of aliphatic hydroxyl groups is 1. The van der Waals surface area contributed by atoms with Crippen LogP contribution in [0.25, 0.3) is 11.6 Å². The first-order valence-electron chi connectivity index (χ1n) is 20.5. The van der Waals surface area contributed by atoms with Crippen LogP contribution in [-0.4, -0.2) is 129 Å². The second kappa shape index (κ2) is 18.5. The van der Waals surface area contributed by atoms with Crippen LogP contribution in [0, 0.1) is 41.5 Å². The fourth-order valence-electron chi connectivity index (χ4n) is 7.80. The third kappa shape index (κ3) is 11.0. The monoisotopic (exact) mass is 815 g/mol. The van der Waals surface area contributed by atoms with Crippen LogP contribution in [0.4, 0.5) is 21.0 Å². The lowest BCUT2D eigenvalue weighted by atomic mass is 10.1. The van der Waals surface area contributed by atoms with Crippen LogP contribution in [0.15, 0.2) is 48.8 Å². The topological polar surface area (TPSA) is 131 Å². The highest BCUT2D eigenvalue weighted by molar-refractivity contribution is 5.70. The molecule has 14 heteroatoms. The van der Waals surface area contributed by atoms with Crippen molar-refractivity contribution in [2.75, 3.05) is 69.4 Å². The van der Waals surface area contributed by atoms with Gasteiger partial charge in [-0.25, -0.2) is 19.6 Å². The number of ether oxygens (including phenoxy) is 3. The summed E-state index contributed by atoms with van der Waals surface area (Å²) in [4.78, 5) is 42.5. The molecule has 0 unspecified atom stereocenters. The Morgan fingerprint density at radius 3 is 1.36 bits per heavy atom. The van der Waals surface area contributed by atoms with Crippen LogP contribution < -0.4 is 9.80 Å². The zero-order valence-electron chi connectivity index (χ0n) is 37.5. The van der Waals surface area contributed by atoms with Gasteiger partial charge in [-0.3, -0.25) is 9.80 Å². The number of hydrogen-bond acceptors (Lipinski definition) is 10. The highest BCUT2D eigenvalue weighted by Crippen LogP contribution is 2.28. The Morgan fingerprint density at radius 1 is 0.644 bits per heavy atom. The molecule has 2 amide bonds. The van der Waals surface area contributed by atoms with Crippen molar-refractivity contribution < 1.29 is 28.9 Å². The van der Waals surface area contributed by atoms with E-state index in [1.807, 2.05) is 53.9 Å². The molecule has 2 aliphatic heterocycles. The lowest BCUT2D eigenvalue weighted by Crippen LogP contribution is -2.58. The smallest absolute Gasteiger partial charge is 0.410 e. The van der Waals surface area contributed by atoms with Crippen molar-refractivity contribution in [2.45, 2.75) is 106 Å². The van der Waals surface area contributed by atoms with Gasteiger partial charge in [-0.05, 0) is 131 Å². The quantitative estimate of drug-likeness (QED) is 0.207. The summed E-state index contributed by atoms with van der Waals surface area (Å²) < 4.78 is 20.8. The molecule has 0 aliphatic carbocycles. The first-order chi connectivity index (χ1) is 27.7. The lowest BCUT2D eigenvalue weighted by molar-refractivity contribution is 0.00325. The number of piperazine rings is 2. The van der Waals surface area contributed by atoms with E-state index < -0.39 is 11.2 Å². The number of anilines is 2. The second-order valence-corrected chi connectivity index (χ2v) is 17.7. The summed E-state index contributed by atoms with van der Waals surface area (Å²) in [5.74, 6) is 1.83. The molecule has 322 valence electrons. The molecule has 4 aromatic rings. The van der Waals surface area contributed by atoms with Gasteiger partial charge in [-0.1, -0.05) is 0 Å². The second-order valence-electron chi connectivity index (χ2n) is 17.7. The van der Waals surface area contributed by atoms with Crippen LogP contribution in [-0.2, 0) is 14.2 Å². The minimum absolute atomic E-state index is 0.0772. The molecule has 0 bridgehead atoms. The number of amides is 2. The Bertz CT molecular complexity index is 2040. The fourth-order valence-corrected chi connectivity index (χ4v) is 7.80. The van der Waals surface area contributed by atoms with Crippen LogP contribution in [0.2, 0.25) is 0 Å². The summed E-state index contributed by atoms with van der Waals surface area (Å²) in [5, 5.41) is 9.88. The fraction of sp³-hybridized carbons (Fsp3) is 0.556. The van der Waals surface area contributed by atoms with Crippen LogP contribution in [0.5, 0.6) is 0 Å². The van der Waals surface area contributed by atoms with Gasteiger partial charge in [0.1, 0.15) is 22.8 Å². The Hall–Kier alpha value is -5.08. The van der Waals surface area contributed by atoms with E-state index in [2.05, 4.69) is 102 Å². The lowest BCUT2D eigenvalue weighted by Gasteiger charge is -2.42. The molecular weight excluding hydrogens is 749 g/mol. The largest absolute Gasteiger partial charge is 0.444 e. The maximum Gasteiger partial charge on any atom is 0.410 e. The molecule has 1 N–H and O–H groups in total. The number of rotatable bonds is 7. The van der Waals surface area contributed by atoms with Crippen LogP contribution >= 0.6 is 0 Å². The molecule has 0 saturated carbocycles. The molecule has 59 heavy (non-hydrogen) atoms. The van der Waals surface area contributed by atoms with E-state index in [-0.39, 0.29) is 30.9 Å². The Kier molecular flexibility index (Phi) is 14.1. The molecule has 0 radical (unpaired) electrons. The summed E-state index contributed by atoms with van der Waals surface area (Å²) >= 11 is 0. The number of carbonyl (C=O) groups is 2. The molecule has 2 atom stereocenters. The molecular formula is C45H66N8O6. The van der Waals surface area contributed by atoms with Gasteiger partial charge in [0, 0.05) is 69.2 Å². The summed E-state index contributed by atoms with van der Waals surface area (Å²) in [6.45, 7) is 27.7. The highest BCUT2D eigenvalue weighted by Gasteiger charge is 2.35. The molecule has 14 nitrogen and oxygen atoms in total. The van der Waals surface area contributed by atoms with E-state index in [9.17, 15) is 14.7 Å². The highest BCUT2D eigenvalue weighted by atomic mass is 16.6. The van der Waals surface area contributed by atoms with Gasteiger partial charge >= 0.3 is 12.2 Å². The number of carbonyl (C=O) groups excluding carboxylic acids is 2. The van der Waals surface area contributed by atoms with Crippen molar-refractivity contribution in [2.24, 2.45) is 0 Å². The van der Waals surface area contributed by atoms with Crippen molar-refractivity contribution in [3.05, 3.63) is 82.7 Å². The van der Waals surface area contributed by atoms with Gasteiger partial charge < -0.3 is 38.3 Å². The Balaban J connectivity index is 0.000000224. The standard InChI is InChI=1S/C23H34N4O3.C22H32N4O3/c1-16-12-21(27-17(2)8-9-18(27)3)24-13-20(16)25-10-11-26(19(14-25)15-29-7)22(28)30-23(4,5)6;1-15-11-20(26-16(2)7-8-17(26)3)23-12-19(15)24-9-10-25(18(13-24)14-27)21(28)29-22(4,5)6/h8-9,12-13,19H,10-11,14-15H2,1-7H3;7-8,11-12,18,27H,9-10,13-14H2,1-6H3/t19-;18-/m11/s1. The molecule has 6 rings (SSSR count). The summed E-state index contributed by atoms with van der Waals surface area (Å²) in [7, 11) is 1.66. The van der Waals surface area contributed by atoms with Crippen molar-refractivity contribution >= 4 is 23.6 Å². The zero-order chi connectivity index (χ0) is 43.4. The number of hydrogen-bond donors (Lipinski definition) is 1. The molecule has 2 aliphatic rings. The average molecular weight is 815 g/mol. The molecule has 0 spiro atoms. The first kappa shape index (κ1) is 45.0. The summed E-state index contributed by atoms with van der Waals surface area (Å²) in [6, 6.07) is 12.2. The van der Waals surface area contributed by atoms with E-state index in [4.69, 9.17) is 19.2 Å². The number of aryl methyl sites for hydroxylation is 6. The van der Waals surface area contributed by atoms with Gasteiger partial charge in [0.2, 0.25) is 0 Å². The summed E-state index contributed by atoms with van der Waals surface area (Å²) in [6.07, 6.45) is 3.17. The van der Waals surface area contributed by atoms with Crippen molar-refractivity contribution in [3.8, 4) is 11.6 Å². The Morgan fingerprint density at radius 2 is 1.02 bits per heavy atom. The summed E-state index contributed by atoms with van der Waals surface area (Å²) in [5.41, 5.74) is 7.94. The molecule has 0 aromatic carbocycles. The third-order valence-corrected chi connectivity index (χ3v) is 10.6. The molecule has 2 saturated heterocycles. The van der Waals surface area contributed by atoms with Gasteiger partial charge in [-0.15, -0.1) is 0 Å². The molecule has 4 aromatic heterocycles. The van der Waals surface area contributed by atoms with Gasteiger partial charge in [-0.2, -0.15) is 0 Å². The SMILES string of the molecule is COC[C@H]1CN(c2cnc(-n3c(C)ccc3C)cc2C)CCN1C(=O)OC(C)(C)C.Cc1cc(-n2c(C)ccc2C)ncc1N1CCN(C(=O)OC(C)(C)C)[C@@H](CO)C1. The van der Waals surface area contributed by atoms with Crippen molar-refractivity contribution in [1.29, 1.82) is 0 Å². The molecule has 6 heterocycles. The number of pyridine rings is 2. The number of aromatic nitrogens is 4. The van der Waals surface area contributed by atoms with E-state index >= 15 is 0 Å². The van der Waals surface area contributed by atoms with Crippen molar-refractivity contribution in [1.82, 2.24) is 28.9 Å². The van der Waals surface area contributed by atoms with E-state index in [1.54, 1.807) is 16.9 Å². The van der Waals surface area contributed by atoms with Crippen LogP contribution in [0.3, 0.4) is 0 Å². The first-order valence-corrected chi connectivity index (χ1v) is 20.5. The predicted octanol–water partition coefficient (Wildman–Crippen LogP) is 7.09. The van der Waals surface area contributed by atoms with E-state index in [1.165, 1.54) is 11.4 Å². The van der Waals surface area contributed by atoms with Gasteiger partial charge in [0.15, 0.2) is 0 Å². The minimum Gasteiger partial charge on any atom is -0.444 e. The van der Waals surface area contributed by atoms with Crippen molar-refractivity contribution in [3.63, 3.8) is 0 Å². The van der Waals surface area contributed by atoms with E-state index in [0.29, 0.717) is 39.3 Å². The normalized spacial score (nSPS) is 17.5. The van der Waals surface area contributed by atoms with Crippen LogP contribution in [0.1, 0.15) is 75.4 Å². The number of nitrogens with zero attached hydrogens (tertiary/aromatic N) is 8. The maximum absolute atomic E-state index is 12.7. The third-order valence-electron chi connectivity index (χ3n) is 10.6. The van der Waals surface area contributed by atoms with Gasteiger partial charge in [0.05, 0.1) is 49.1 Å². The zero-order valence-corrected chi connectivity index (χ0v) is 37.5. The van der Waals surface area contributed by atoms with E-state index in [0.717, 1.165) is 52.1 Å². The number of methoxy groups -OCH3 is 1. The number of aliphatic hydroxyl groups excluding tert-OH is 1. The predicted molar refractivity (Wildman–Crippen MR) is 232 cm³/mol. The molecule has 2 fully saturated rings. The average Bonchev–Trinajstić information content (AvgIpc) is 3.67. The maximum atomic E-state index is 12.7. The minimum atomic E-state index is -0.556. The Labute approximate surface area is 350 Å². The van der Waals surface area contributed by atoms with Gasteiger partial charge in [0.25, 0.3) is 0 Å².